The van der Waals surface area contributed by atoms with Crippen LogP contribution in [-0.2, 0) is 0 Å². The fraction of sp³-hybridized carbons (Fsp3) is 0.0714. The molecule has 2 rings (SSSR count). The van der Waals surface area contributed by atoms with Gasteiger partial charge in [-0.25, -0.2) is 4.79 Å². The molecule has 87 valence electrons. The van der Waals surface area contributed by atoms with Crippen LogP contribution in [0, 0.1) is 6.92 Å². The van der Waals surface area contributed by atoms with Crippen molar-refractivity contribution in [2.45, 2.75) is 6.92 Å². The molecule has 2 aromatic carbocycles. The summed E-state index contributed by atoms with van der Waals surface area (Å²) in [6, 6.07) is 14.1. The smallest absolute Gasteiger partial charge is 0.335 e. The Morgan fingerprint density at radius 3 is 2.39 bits per heavy atom. The van der Waals surface area contributed by atoms with Crippen LogP contribution in [0.5, 0.6) is 11.5 Å². The summed E-state index contributed by atoms with van der Waals surface area (Å²) < 4.78 is 5.64. The van der Waals surface area contributed by atoms with E-state index in [4.69, 9.17) is 9.84 Å². The minimum Gasteiger partial charge on any atom is -0.478 e. The molecule has 0 bridgehead atoms. The van der Waals surface area contributed by atoms with Crippen LogP contribution in [-0.4, -0.2) is 40.6 Å². The predicted molar refractivity (Wildman–Crippen MR) is 70.4 cm³/mol. The summed E-state index contributed by atoms with van der Waals surface area (Å²) in [4.78, 5) is 10.9. The average Bonchev–Trinajstić information content (AvgIpc) is 2.33. The number of hydrogen-bond acceptors (Lipinski definition) is 2. The normalized spacial score (nSPS) is 9.39. The van der Waals surface area contributed by atoms with Crippen molar-refractivity contribution in [2.75, 3.05) is 0 Å². The second kappa shape index (κ2) is 6.59. The first kappa shape index (κ1) is 14.8. The molecule has 0 amide bonds. The SMILES string of the molecule is Cc1ccc(C(=O)O)cc1Oc1ccccc1.[Na]. The van der Waals surface area contributed by atoms with E-state index in [1.54, 1.807) is 12.1 Å². The predicted octanol–water partition coefficient (Wildman–Crippen LogP) is 3.10. The van der Waals surface area contributed by atoms with Gasteiger partial charge in [0, 0.05) is 29.6 Å². The van der Waals surface area contributed by atoms with Gasteiger partial charge in [0.15, 0.2) is 0 Å². The Balaban J connectivity index is 0.00000162. The molecule has 0 atom stereocenters. The van der Waals surface area contributed by atoms with Crippen molar-refractivity contribution < 1.29 is 14.6 Å². The Kier molecular flexibility index (Phi) is 5.41. The molecular weight excluding hydrogens is 239 g/mol. The van der Waals surface area contributed by atoms with E-state index in [9.17, 15) is 4.79 Å². The standard InChI is InChI=1S/C14H12O3.Na/c1-10-7-8-11(14(15)16)9-13(10)17-12-5-3-2-4-6-12;/h2-9H,1H3,(H,15,16);. The molecule has 0 spiro atoms. The number of rotatable bonds is 3. The largest absolute Gasteiger partial charge is 0.478 e. The van der Waals surface area contributed by atoms with Gasteiger partial charge in [0.25, 0.3) is 0 Å². The maximum atomic E-state index is 10.9. The van der Waals surface area contributed by atoms with Crippen molar-refractivity contribution in [1.82, 2.24) is 0 Å². The molecular formula is C14H12NaO3. The Labute approximate surface area is 128 Å². The molecule has 0 heterocycles. The van der Waals surface area contributed by atoms with E-state index < -0.39 is 5.97 Å². The minimum absolute atomic E-state index is 0. The van der Waals surface area contributed by atoms with E-state index in [-0.39, 0.29) is 35.1 Å². The van der Waals surface area contributed by atoms with Gasteiger partial charge in [-0.1, -0.05) is 24.3 Å². The number of carbonyl (C=O) groups is 1. The molecule has 0 aliphatic carbocycles. The molecule has 0 fully saturated rings. The number of benzene rings is 2. The maximum Gasteiger partial charge on any atom is 0.335 e. The monoisotopic (exact) mass is 251 g/mol. The number of aryl methyl sites for hydroxylation is 1. The van der Waals surface area contributed by atoms with Crippen molar-refractivity contribution in [1.29, 1.82) is 0 Å². The quantitative estimate of drug-likeness (QED) is 0.852. The Hall–Kier alpha value is -1.29. The van der Waals surface area contributed by atoms with Crippen LogP contribution in [0.1, 0.15) is 15.9 Å². The number of ether oxygens (including phenoxy) is 1. The third-order valence-corrected chi connectivity index (χ3v) is 2.41. The zero-order valence-corrected chi connectivity index (χ0v) is 12.4. The molecule has 0 aliphatic heterocycles. The topological polar surface area (TPSA) is 46.5 Å². The molecule has 2 aromatic rings. The Bertz CT molecular complexity index is 538. The summed E-state index contributed by atoms with van der Waals surface area (Å²) in [5, 5.41) is 8.91. The number of para-hydroxylation sites is 1. The van der Waals surface area contributed by atoms with Crippen LogP contribution >= 0.6 is 0 Å². The first-order valence-corrected chi connectivity index (χ1v) is 5.23. The number of aromatic carboxylic acids is 1. The van der Waals surface area contributed by atoms with E-state index in [1.165, 1.54) is 6.07 Å². The Morgan fingerprint density at radius 1 is 1.11 bits per heavy atom. The van der Waals surface area contributed by atoms with Gasteiger partial charge in [-0.3, -0.25) is 0 Å². The number of carboxylic acids is 1. The average molecular weight is 251 g/mol. The Morgan fingerprint density at radius 2 is 1.78 bits per heavy atom. The van der Waals surface area contributed by atoms with E-state index in [0.29, 0.717) is 11.5 Å². The van der Waals surface area contributed by atoms with Gasteiger partial charge in [-0.05, 0) is 36.8 Å². The number of carboxylic acid groups (broad SMARTS) is 1. The zero-order valence-electron chi connectivity index (χ0n) is 10.4. The summed E-state index contributed by atoms with van der Waals surface area (Å²) >= 11 is 0. The van der Waals surface area contributed by atoms with E-state index >= 15 is 0 Å². The van der Waals surface area contributed by atoms with Gasteiger partial charge in [-0.2, -0.15) is 0 Å². The van der Waals surface area contributed by atoms with Gasteiger partial charge in [0.1, 0.15) is 11.5 Å². The third-order valence-electron chi connectivity index (χ3n) is 2.41. The van der Waals surface area contributed by atoms with Gasteiger partial charge in [-0.15, -0.1) is 0 Å². The van der Waals surface area contributed by atoms with Gasteiger partial charge in [0.2, 0.25) is 0 Å². The molecule has 1 radical (unpaired) electrons. The van der Waals surface area contributed by atoms with Crippen molar-refractivity contribution in [3.05, 3.63) is 59.7 Å². The van der Waals surface area contributed by atoms with Crippen LogP contribution in [0.25, 0.3) is 0 Å². The minimum atomic E-state index is -0.956. The number of hydrogen-bond donors (Lipinski definition) is 1. The molecule has 18 heavy (non-hydrogen) atoms. The molecule has 0 aliphatic rings. The van der Waals surface area contributed by atoms with E-state index in [0.717, 1.165) is 5.56 Å². The molecule has 0 saturated heterocycles. The second-order valence-electron chi connectivity index (χ2n) is 3.70. The molecule has 0 unspecified atom stereocenters. The van der Waals surface area contributed by atoms with Gasteiger partial charge < -0.3 is 9.84 Å². The fourth-order valence-corrected chi connectivity index (χ4v) is 1.46. The molecule has 4 heteroatoms. The summed E-state index contributed by atoms with van der Waals surface area (Å²) in [6.07, 6.45) is 0. The molecule has 0 aromatic heterocycles. The van der Waals surface area contributed by atoms with Crippen LogP contribution in [0.2, 0.25) is 0 Å². The zero-order chi connectivity index (χ0) is 12.3. The first-order valence-electron chi connectivity index (χ1n) is 5.23. The summed E-state index contributed by atoms with van der Waals surface area (Å²) in [5.74, 6) is 0.303. The first-order chi connectivity index (χ1) is 8.16. The van der Waals surface area contributed by atoms with Crippen molar-refractivity contribution in [3.8, 4) is 11.5 Å². The van der Waals surface area contributed by atoms with Crippen LogP contribution < -0.4 is 4.74 Å². The summed E-state index contributed by atoms with van der Waals surface area (Å²) in [6.45, 7) is 1.88. The summed E-state index contributed by atoms with van der Waals surface area (Å²) in [5.41, 5.74) is 1.13. The van der Waals surface area contributed by atoms with Crippen LogP contribution in [0.4, 0.5) is 0 Å². The van der Waals surface area contributed by atoms with Gasteiger partial charge in [0.05, 0.1) is 5.56 Å². The fourth-order valence-electron chi connectivity index (χ4n) is 1.46. The third kappa shape index (κ3) is 3.60. The van der Waals surface area contributed by atoms with Crippen LogP contribution in [0.3, 0.4) is 0 Å². The molecule has 1 N–H and O–H groups in total. The van der Waals surface area contributed by atoms with E-state index in [1.807, 2.05) is 37.3 Å². The molecule has 0 saturated carbocycles. The second-order valence-corrected chi connectivity index (χ2v) is 3.70. The summed E-state index contributed by atoms with van der Waals surface area (Å²) in [7, 11) is 0. The van der Waals surface area contributed by atoms with Crippen molar-refractivity contribution >= 4 is 35.5 Å². The van der Waals surface area contributed by atoms with Crippen molar-refractivity contribution in [2.24, 2.45) is 0 Å². The van der Waals surface area contributed by atoms with Crippen LogP contribution in [0.15, 0.2) is 48.5 Å². The maximum absolute atomic E-state index is 10.9. The molecule has 3 nitrogen and oxygen atoms in total. The van der Waals surface area contributed by atoms with E-state index in [2.05, 4.69) is 0 Å². The van der Waals surface area contributed by atoms with Gasteiger partial charge >= 0.3 is 5.97 Å². The van der Waals surface area contributed by atoms with Crippen molar-refractivity contribution in [3.63, 3.8) is 0 Å².